The smallest absolute Gasteiger partial charge is 0.410 e. The summed E-state index contributed by atoms with van der Waals surface area (Å²) < 4.78 is 31.9. The Bertz CT molecular complexity index is 434. The van der Waals surface area contributed by atoms with Gasteiger partial charge in [-0.2, -0.15) is 0 Å². The lowest BCUT2D eigenvalue weighted by Crippen LogP contribution is -2.52. The van der Waals surface area contributed by atoms with Gasteiger partial charge in [-0.25, -0.2) is 13.6 Å². The Kier molecular flexibility index (Phi) is 5.75. The summed E-state index contributed by atoms with van der Waals surface area (Å²) in [4.78, 5) is 16.0. The van der Waals surface area contributed by atoms with E-state index in [-0.39, 0.29) is 18.9 Å². The van der Waals surface area contributed by atoms with Crippen molar-refractivity contribution in [2.45, 2.75) is 69.9 Å². The van der Waals surface area contributed by atoms with Crippen LogP contribution >= 0.6 is 0 Å². The average Bonchev–Trinajstić information content (AvgIpc) is 2.48. The van der Waals surface area contributed by atoms with Crippen LogP contribution < -0.4 is 5.73 Å². The molecule has 140 valence electrons. The number of carbonyl (C=O) groups is 1. The quantitative estimate of drug-likeness (QED) is 0.853. The van der Waals surface area contributed by atoms with E-state index >= 15 is 0 Å². The molecular weight excluding hydrogens is 316 g/mol. The Morgan fingerprint density at radius 2 is 1.62 bits per heavy atom. The Hall–Kier alpha value is -0.950. The van der Waals surface area contributed by atoms with E-state index in [0.29, 0.717) is 25.9 Å². The van der Waals surface area contributed by atoms with Crippen LogP contribution in [0.4, 0.5) is 13.6 Å². The molecule has 0 aromatic carbocycles. The number of hydrogen-bond donors (Lipinski definition) is 1. The SMILES string of the molecule is CC(C)(C)OC(=O)N1CCN(CCC2(N)CCC(F)(F)CC2)CC1. The van der Waals surface area contributed by atoms with E-state index in [0.717, 1.165) is 26.1 Å². The van der Waals surface area contributed by atoms with Crippen molar-refractivity contribution in [1.82, 2.24) is 9.80 Å². The topological polar surface area (TPSA) is 58.8 Å². The van der Waals surface area contributed by atoms with Gasteiger partial charge in [-0.15, -0.1) is 0 Å². The molecule has 0 aromatic heterocycles. The first-order valence-corrected chi connectivity index (χ1v) is 8.85. The second kappa shape index (κ2) is 7.12. The first-order chi connectivity index (χ1) is 11.0. The van der Waals surface area contributed by atoms with Crippen LogP contribution in [0.25, 0.3) is 0 Å². The molecule has 0 atom stereocenters. The second-order valence-corrected chi connectivity index (χ2v) is 8.28. The van der Waals surface area contributed by atoms with Crippen LogP contribution in [0.5, 0.6) is 0 Å². The molecule has 1 saturated carbocycles. The molecule has 1 saturated heterocycles. The standard InChI is InChI=1S/C17H31F2N3O2/c1-15(2,3)24-14(23)22-12-10-21(11-13-22)9-8-16(20)4-6-17(18,19)7-5-16/h4-13,20H2,1-3H3. The van der Waals surface area contributed by atoms with E-state index in [1.807, 2.05) is 20.8 Å². The molecule has 1 aliphatic carbocycles. The molecular formula is C17H31F2N3O2. The van der Waals surface area contributed by atoms with Gasteiger partial charge >= 0.3 is 6.09 Å². The Balaban J connectivity index is 1.71. The number of alkyl halides is 2. The lowest BCUT2D eigenvalue weighted by Gasteiger charge is -2.40. The van der Waals surface area contributed by atoms with Crippen molar-refractivity contribution in [3.63, 3.8) is 0 Å². The molecule has 7 heteroatoms. The lowest BCUT2D eigenvalue weighted by atomic mass is 9.78. The maximum Gasteiger partial charge on any atom is 0.410 e. The minimum atomic E-state index is -2.54. The molecule has 0 aromatic rings. The largest absolute Gasteiger partial charge is 0.444 e. The first-order valence-electron chi connectivity index (χ1n) is 8.85. The van der Waals surface area contributed by atoms with E-state index in [1.54, 1.807) is 4.90 Å². The maximum absolute atomic E-state index is 13.3. The minimum absolute atomic E-state index is 0.101. The summed E-state index contributed by atoms with van der Waals surface area (Å²) >= 11 is 0. The third-order valence-electron chi connectivity index (χ3n) is 4.93. The molecule has 1 amide bonds. The maximum atomic E-state index is 13.3. The summed E-state index contributed by atoms with van der Waals surface area (Å²) in [5, 5.41) is 0. The third-order valence-corrected chi connectivity index (χ3v) is 4.93. The molecule has 2 fully saturated rings. The van der Waals surface area contributed by atoms with E-state index in [9.17, 15) is 13.6 Å². The van der Waals surface area contributed by atoms with Crippen molar-refractivity contribution in [3.05, 3.63) is 0 Å². The van der Waals surface area contributed by atoms with Gasteiger partial charge in [0.15, 0.2) is 0 Å². The molecule has 0 radical (unpaired) electrons. The van der Waals surface area contributed by atoms with E-state index in [1.165, 1.54) is 0 Å². The number of nitrogens with two attached hydrogens (primary N) is 1. The fourth-order valence-corrected chi connectivity index (χ4v) is 3.22. The highest BCUT2D eigenvalue weighted by molar-refractivity contribution is 5.68. The Labute approximate surface area is 143 Å². The number of piperazine rings is 1. The Morgan fingerprint density at radius 1 is 1.08 bits per heavy atom. The molecule has 1 aliphatic heterocycles. The van der Waals surface area contributed by atoms with Crippen LogP contribution in [0.1, 0.15) is 52.9 Å². The number of ether oxygens (including phenoxy) is 1. The molecule has 2 aliphatic rings. The highest BCUT2D eigenvalue weighted by Crippen LogP contribution is 2.38. The van der Waals surface area contributed by atoms with Crippen LogP contribution in [0.15, 0.2) is 0 Å². The number of amides is 1. The predicted octanol–water partition coefficient (Wildman–Crippen LogP) is 2.84. The van der Waals surface area contributed by atoms with E-state index in [2.05, 4.69) is 4.90 Å². The Morgan fingerprint density at radius 3 is 2.12 bits per heavy atom. The van der Waals surface area contributed by atoms with Crippen LogP contribution in [0, 0.1) is 0 Å². The number of hydrogen-bond acceptors (Lipinski definition) is 4. The van der Waals surface area contributed by atoms with Crippen LogP contribution in [-0.2, 0) is 4.74 Å². The summed E-state index contributed by atoms with van der Waals surface area (Å²) in [6.07, 6.45) is 1.03. The zero-order valence-corrected chi connectivity index (χ0v) is 15.1. The van der Waals surface area contributed by atoms with Crippen molar-refractivity contribution >= 4 is 6.09 Å². The first kappa shape index (κ1) is 19.4. The van der Waals surface area contributed by atoms with Crippen molar-refractivity contribution in [1.29, 1.82) is 0 Å². The number of carbonyl (C=O) groups excluding carboxylic acids is 1. The lowest BCUT2D eigenvalue weighted by molar-refractivity contribution is -0.0527. The van der Waals surface area contributed by atoms with Crippen molar-refractivity contribution < 1.29 is 18.3 Å². The highest BCUT2D eigenvalue weighted by atomic mass is 19.3. The molecule has 5 nitrogen and oxygen atoms in total. The van der Waals surface area contributed by atoms with Crippen molar-refractivity contribution in [2.24, 2.45) is 5.73 Å². The van der Waals surface area contributed by atoms with Gasteiger partial charge in [-0.05, 0) is 40.0 Å². The van der Waals surface area contributed by atoms with Gasteiger partial charge < -0.3 is 15.4 Å². The van der Waals surface area contributed by atoms with Crippen molar-refractivity contribution in [3.8, 4) is 0 Å². The minimum Gasteiger partial charge on any atom is -0.444 e. The summed E-state index contributed by atoms with van der Waals surface area (Å²) in [6.45, 7) is 9.16. The van der Waals surface area contributed by atoms with Gasteiger partial charge in [0.25, 0.3) is 0 Å². The number of nitrogens with zero attached hydrogens (tertiary/aromatic N) is 2. The van der Waals surface area contributed by atoms with Gasteiger partial charge in [0, 0.05) is 51.1 Å². The molecule has 0 unspecified atom stereocenters. The molecule has 0 spiro atoms. The van der Waals surface area contributed by atoms with Crippen molar-refractivity contribution in [2.75, 3.05) is 32.7 Å². The van der Waals surface area contributed by atoms with E-state index < -0.39 is 17.1 Å². The van der Waals surface area contributed by atoms with Gasteiger partial charge in [-0.3, -0.25) is 4.90 Å². The summed E-state index contributed by atoms with van der Waals surface area (Å²) in [6, 6.07) is 0. The molecule has 1 heterocycles. The average molecular weight is 347 g/mol. The monoisotopic (exact) mass is 347 g/mol. The molecule has 2 rings (SSSR count). The molecule has 0 bridgehead atoms. The summed E-state index contributed by atoms with van der Waals surface area (Å²) in [7, 11) is 0. The fourth-order valence-electron chi connectivity index (χ4n) is 3.22. The molecule has 24 heavy (non-hydrogen) atoms. The van der Waals surface area contributed by atoms with E-state index in [4.69, 9.17) is 10.5 Å². The van der Waals surface area contributed by atoms with Gasteiger partial charge in [0.05, 0.1) is 0 Å². The second-order valence-electron chi connectivity index (χ2n) is 8.28. The normalized spacial score (nSPS) is 24.7. The number of halogens is 2. The third kappa shape index (κ3) is 5.84. The fraction of sp³-hybridized carbons (Fsp3) is 0.941. The number of rotatable bonds is 3. The van der Waals surface area contributed by atoms with Crippen LogP contribution in [0.2, 0.25) is 0 Å². The summed E-state index contributed by atoms with van der Waals surface area (Å²) in [5.41, 5.74) is 5.35. The van der Waals surface area contributed by atoms with Gasteiger partial charge in [0.2, 0.25) is 5.92 Å². The highest BCUT2D eigenvalue weighted by Gasteiger charge is 2.41. The van der Waals surface area contributed by atoms with Crippen LogP contribution in [0.3, 0.4) is 0 Å². The van der Waals surface area contributed by atoms with Crippen LogP contribution in [-0.4, -0.2) is 65.7 Å². The zero-order valence-electron chi connectivity index (χ0n) is 15.1. The van der Waals surface area contributed by atoms with Gasteiger partial charge in [0.1, 0.15) is 5.60 Å². The predicted molar refractivity (Wildman–Crippen MR) is 89.2 cm³/mol. The molecule has 2 N–H and O–H groups in total. The van der Waals surface area contributed by atoms with Gasteiger partial charge in [-0.1, -0.05) is 0 Å². The zero-order chi connectivity index (χ0) is 18.0. The summed E-state index contributed by atoms with van der Waals surface area (Å²) in [5.74, 6) is -2.54.